The minimum absolute atomic E-state index is 0.135. The zero-order valence-corrected chi connectivity index (χ0v) is 16.0. The third-order valence-corrected chi connectivity index (χ3v) is 8.67. The summed E-state index contributed by atoms with van der Waals surface area (Å²) in [4.78, 5) is 30.4. The van der Waals surface area contributed by atoms with Crippen molar-refractivity contribution >= 4 is 13.6 Å². The van der Waals surface area contributed by atoms with Crippen molar-refractivity contribution in [1.82, 2.24) is 0 Å². The summed E-state index contributed by atoms with van der Waals surface area (Å²) in [5.74, 6) is 1.92. The van der Waals surface area contributed by atoms with Crippen LogP contribution >= 0.6 is 7.82 Å². The van der Waals surface area contributed by atoms with Gasteiger partial charge in [0, 0.05) is 6.42 Å². The number of hydrogen-bond acceptors (Lipinski definition) is 3. The molecule has 0 aromatic rings. The van der Waals surface area contributed by atoms with Gasteiger partial charge < -0.3 is 9.79 Å². The number of allylic oxidation sites excluding steroid dienone is 1. The van der Waals surface area contributed by atoms with Crippen molar-refractivity contribution in [1.29, 1.82) is 0 Å². The van der Waals surface area contributed by atoms with E-state index in [9.17, 15) is 19.1 Å². The normalized spacial score (nSPS) is 46.9. The van der Waals surface area contributed by atoms with Crippen LogP contribution in [0, 0.1) is 28.6 Å². The highest BCUT2D eigenvalue weighted by Gasteiger charge is 2.60. The summed E-state index contributed by atoms with van der Waals surface area (Å²) in [6.07, 6.45) is 9.08. The summed E-state index contributed by atoms with van der Waals surface area (Å²) < 4.78 is 16.6. The van der Waals surface area contributed by atoms with Gasteiger partial charge in [0.25, 0.3) is 0 Å². The predicted octanol–water partition coefficient (Wildman–Crippen LogP) is 4.00. The maximum absolute atomic E-state index is 11.9. The molecule has 0 heterocycles. The van der Waals surface area contributed by atoms with Gasteiger partial charge >= 0.3 is 7.82 Å². The Bertz CT molecular complexity index is 667. The average Bonchev–Trinajstić information content (AvgIpc) is 2.83. The molecular formula is C19H29O5P. The summed E-state index contributed by atoms with van der Waals surface area (Å²) in [5, 5.41) is 0. The molecule has 0 bridgehead atoms. The topological polar surface area (TPSA) is 83.8 Å². The van der Waals surface area contributed by atoms with Crippen molar-refractivity contribution < 1.29 is 23.7 Å². The van der Waals surface area contributed by atoms with Gasteiger partial charge in [0.1, 0.15) is 0 Å². The second-order valence-electron chi connectivity index (χ2n) is 9.18. The van der Waals surface area contributed by atoms with Gasteiger partial charge in [-0.3, -0.25) is 9.32 Å². The Morgan fingerprint density at radius 2 is 1.84 bits per heavy atom. The summed E-state index contributed by atoms with van der Waals surface area (Å²) >= 11 is 0. The molecule has 0 unspecified atom stereocenters. The number of phosphoric ester groups is 1. The van der Waals surface area contributed by atoms with Crippen LogP contribution in [0.2, 0.25) is 0 Å². The van der Waals surface area contributed by atoms with Gasteiger partial charge in [-0.15, -0.1) is 0 Å². The van der Waals surface area contributed by atoms with E-state index in [0.29, 0.717) is 24.2 Å². The SMILES string of the molecule is C[C@]12CC[C@@H]3[C@H](CCC4=CC(=O)CC[C@@]43C)[C@@H]1CC[C@@H]2OP(=O)(O)O. The van der Waals surface area contributed by atoms with Crippen LogP contribution in [0.15, 0.2) is 11.6 Å². The molecule has 5 nitrogen and oxygen atoms in total. The number of rotatable bonds is 2. The molecule has 0 radical (unpaired) electrons. The van der Waals surface area contributed by atoms with E-state index in [2.05, 4.69) is 13.8 Å². The van der Waals surface area contributed by atoms with Crippen LogP contribution in [-0.2, 0) is 13.9 Å². The van der Waals surface area contributed by atoms with Gasteiger partial charge in [-0.05, 0) is 79.6 Å². The van der Waals surface area contributed by atoms with E-state index in [1.54, 1.807) is 0 Å². The van der Waals surface area contributed by atoms with Gasteiger partial charge in [0.05, 0.1) is 6.10 Å². The van der Waals surface area contributed by atoms with Crippen LogP contribution < -0.4 is 0 Å². The summed E-state index contributed by atoms with van der Waals surface area (Å²) in [5.41, 5.74) is 1.36. The fraction of sp³-hybridized carbons (Fsp3) is 0.842. The number of phosphoric acid groups is 1. The lowest BCUT2D eigenvalue weighted by molar-refractivity contribution is -0.117. The minimum atomic E-state index is -4.45. The lowest BCUT2D eigenvalue weighted by atomic mass is 9.47. The zero-order chi connectivity index (χ0) is 18.0. The van der Waals surface area contributed by atoms with Gasteiger partial charge in [-0.2, -0.15) is 0 Å². The second-order valence-corrected chi connectivity index (χ2v) is 10.4. The molecule has 4 aliphatic rings. The maximum Gasteiger partial charge on any atom is 0.469 e. The van der Waals surface area contributed by atoms with E-state index in [0.717, 1.165) is 44.9 Å². The number of ketones is 1. The van der Waals surface area contributed by atoms with Crippen LogP contribution in [-0.4, -0.2) is 21.7 Å². The van der Waals surface area contributed by atoms with Gasteiger partial charge in [-0.25, -0.2) is 4.57 Å². The molecule has 0 aliphatic heterocycles. The number of fused-ring (bicyclic) bond motifs is 5. The fourth-order valence-corrected chi connectivity index (χ4v) is 7.53. The molecule has 0 saturated heterocycles. The third-order valence-electron chi connectivity index (χ3n) is 8.14. The van der Waals surface area contributed by atoms with Crippen molar-refractivity contribution in [3.8, 4) is 0 Å². The minimum Gasteiger partial charge on any atom is -0.303 e. The molecule has 0 amide bonds. The Morgan fingerprint density at radius 3 is 2.56 bits per heavy atom. The Hall–Kier alpha value is -0.480. The Morgan fingerprint density at radius 1 is 1.08 bits per heavy atom. The van der Waals surface area contributed by atoms with Gasteiger partial charge in [-0.1, -0.05) is 19.4 Å². The van der Waals surface area contributed by atoms with E-state index in [4.69, 9.17) is 4.52 Å². The van der Waals surface area contributed by atoms with Crippen molar-refractivity contribution in [3.63, 3.8) is 0 Å². The van der Waals surface area contributed by atoms with E-state index in [1.807, 2.05) is 6.08 Å². The molecule has 3 saturated carbocycles. The summed E-state index contributed by atoms with van der Waals surface area (Å²) in [7, 11) is -4.45. The fourth-order valence-electron chi connectivity index (χ4n) is 6.85. The molecule has 4 aliphatic carbocycles. The van der Waals surface area contributed by atoms with E-state index in [-0.39, 0.29) is 22.7 Å². The molecule has 140 valence electrons. The third kappa shape index (κ3) is 2.79. The molecule has 2 N–H and O–H groups in total. The van der Waals surface area contributed by atoms with E-state index >= 15 is 0 Å². The van der Waals surface area contributed by atoms with E-state index < -0.39 is 7.82 Å². The van der Waals surface area contributed by atoms with Gasteiger partial charge in [0.15, 0.2) is 5.78 Å². The summed E-state index contributed by atoms with van der Waals surface area (Å²) in [6.45, 7) is 4.53. The first-order chi connectivity index (χ1) is 11.6. The molecule has 4 rings (SSSR count). The van der Waals surface area contributed by atoms with Crippen molar-refractivity contribution in [3.05, 3.63) is 11.6 Å². The lowest BCUT2D eigenvalue weighted by Gasteiger charge is -2.57. The molecular weight excluding hydrogens is 339 g/mol. The monoisotopic (exact) mass is 368 g/mol. The molecule has 6 atom stereocenters. The quantitative estimate of drug-likeness (QED) is 0.720. The van der Waals surface area contributed by atoms with Crippen LogP contribution in [0.5, 0.6) is 0 Å². The van der Waals surface area contributed by atoms with Crippen LogP contribution in [0.3, 0.4) is 0 Å². The predicted molar refractivity (Wildman–Crippen MR) is 93.6 cm³/mol. The van der Waals surface area contributed by atoms with Crippen molar-refractivity contribution in [2.24, 2.45) is 28.6 Å². The number of hydrogen-bond donors (Lipinski definition) is 2. The zero-order valence-electron chi connectivity index (χ0n) is 15.1. The molecule has 0 aromatic carbocycles. The first kappa shape index (κ1) is 17.9. The Kier molecular flexibility index (Phi) is 4.12. The first-order valence-corrected chi connectivity index (χ1v) is 11.1. The molecule has 0 aromatic heterocycles. The second kappa shape index (κ2) is 5.76. The summed E-state index contributed by atoms with van der Waals surface area (Å²) in [6, 6.07) is 0. The maximum atomic E-state index is 11.9. The standard InChI is InChI=1S/C19H29O5P/c1-18-9-7-13(20)11-12(18)3-4-14-15-5-6-17(24-25(21,22)23)19(15,2)10-8-16(14)18/h11,14-17H,3-10H2,1-2H3,(H2,21,22,23)/t14-,15+,16-,17+,18+,19+/m1/s1. The van der Waals surface area contributed by atoms with Crippen molar-refractivity contribution in [2.45, 2.75) is 71.3 Å². The lowest BCUT2D eigenvalue weighted by Crippen LogP contribution is -2.51. The molecule has 3 fully saturated rings. The Balaban J connectivity index is 1.61. The smallest absolute Gasteiger partial charge is 0.303 e. The molecule has 0 spiro atoms. The van der Waals surface area contributed by atoms with Gasteiger partial charge in [0.2, 0.25) is 0 Å². The number of carbonyl (C=O) groups is 1. The van der Waals surface area contributed by atoms with E-state index in [1.165, 1.54) is 5.57 Å². The molecule has 25 heavy (non-hydrogen) atoms. The highest BCUT2D eigenvalue weighted by atomic mass is 31.2. The Labute approximate surface area is 149 Å². The van der Waals surface area contributed by atoms with Crippen LogP contribution in [0.4, 0.5) is 0 Å². The highest BCUT2D eigenvalue weighted by molar-refractivity contribution is 7.46. The largest absolute Gasteiger partial charge is 0.469 e. The average molecular weight is 368 g/mol. The van der Waals surface area contributed by atoms with Crippen LogP contribution in [0.25, 0.3) is 0 Å². The molecule has 6 heteroatoms. The van der Waals surface area contributed by atoms with Crippen LogP contribution in [0.1, 0.15) is 65.2 Å². The van der Waals surface area contributed by atoms with Crippen molar-refractivity contribution in [2.75, 3.05) is 0 Å². The highest BCUT2D eigenvalue weighted by Crippen LogP contribution is 2.66. The number of carbonyl (C=O) groups excluding carboxylic acids is 1. The first-order valence-electron chi connectivity index (χ1n) is 9.61.